The summed E-state index contributed by atoms with van der Waals surface area (Å²) in [5, 5.41) is 9.67. The minimum atomic E-state index is -0.694. The molecule has 0 bridgehead atoms. The average molecular weight is 487 g/mol. The van der Waals surface area contributed by atoms with Crippen LogP contribution in [0.3, 0.4) is 0 Å². The van der Waals surface area contributed by atoms with Crippen LogP contribution in [0, 0.1) is 11.6 Å². The van der Waals surface area contributed by atoms with Crippen molar-refractivity contribution in [1.29, 1.82) is 0 Å². The molecule has 0 saturated carbocycles. The number of nitrogens with zero attached hydrogens (tertiary/aromatic N) is 6. The van der Waals surface area contributed by atoms with Crippen LogP contribution in [0.2, 0.25) is 0 Å². The SMILES string of the molecule is Nc1nn2cc(F)cnc2c1C(=O)Nc1cncc(F)c1N1CCN(C(=O)C2CNCCO2)CC1. The molecule has 2 aliphatic rings. The number of rotatable bonds is 4. The van der Waals surface area contributed by atoms with E-state index >= 15 is 0 Å². The highest BCUT2D eigenvalue weighted by Crippen LogP contribution is 2.30. The first-order chi connectivity index (χ1) is 16.9. The molecule has 12 nitrogen and oxygen atoms in total. The molecule has 5 rings (SSSR count). The predicted molar refractivity (Wildman–Crippen MR) is 121 cm³/mol. The molecule has 3 aromatic heterocycles. The van der Waals surface area contributed by atoms with Gasteiger partial charge in [0.1, 0.15) is 17.4 Å². The Morgan fingerprint density at radius 2 is 1.97 bits per heavy atom. The summed E-state index contributed by atoms with van der Waals surface area (Å²) >= 11 is 0. The summed E-state index contributed by atoms with van der Waals surface area (Å²) in [4.78, 5) is 36.9. The Kier molecular flexibility index (Phi) is 6.13. The number of hydrogen-bond acceptors (Lipinski definition) is 9. The van der Waals surface area contributed by atoms with Gasteiger partial charge >= 0.3 is 0 Å². The Bertz CT molecular complexity index is 1270. The van der Waals surface area contributed by atoms with Crippen molar-refractivity contribution in [2.24, 2.45) is 0 Å². The van der Waals surface area contributed by atoms with Crippen molar-refractivity contribution in [3.05, 3.63) is 42.0 Å². The summed E-state index contributed by atoms with van der Waals surface area (Å²) in [6.45, 7) is 3.06. The number of ether oxygens (including phenoxy) is 1. The van der Waals surface area contributed by atoms with Gasteiger partial charge in [0, 0.05) is 39.3 Å². The molecule has 1 unspecified atom stereocenters. The van der Waals surface area contributed by atoms with E-state index in [-0.39, 0.29) is 34.3 Å². The molecule has 3 aromatic rings. The number of nitrogen functional groups attached to an aromatic ring is 1. The van der Waals surface area contributed by atoms with Gasteiger partial charge in [-0.15, -0.1) is 5.10 Å². The second-order valence-electron chi connectivity index (χ2n) is 8.15. The first-order valence-corrected chi connectivity index (χ1v) is 11.0. The fourth-order valence-corrected chi connectivity index (χ4v) is 4.25. The number of piperazine rings is 1. The molecule has 2 amide bonds. The van der Waals surface area contributed by atoms with Crippen LogP contribution in [0.1, 0.15) is 10.4 Å². The zero-order chi connectivity index (χ0) is 24.5. The van der Waals surface area contributed by atoms with E-state index in [2.05, 4.69) is 25.7 Å². The smallest absolute Gasteiger partial charge is 0.263 e. The Balaban J connectivity index is 1.33. The number of morpholine rings is 1. The van der Waals surface area contributed by atoms with Crippen LogP contribution in [0.4, 0.5) is 26.0 Å². The summed E-state index contributed by atoms with van der Waals surface area (Å²) in [5.41, 5.74) is 6.11. The molecule has 0 aliphatic carbocycles. The molecule has 2 aliphatic heterocycles. The highest BCUT2D eigenvalue weighted by atomic mass is 19.1. The van der Waals surface area contributed by atoms with Crippen LogP contribution in [-0.2, 0) is 9.53 Å². The first-order valence-electron chi connectivity index (χ1n) is 11.0. The molecule has 0 aromatic carbocycles. The molecule has 14 heteroatoms. The molecule has 1 atom stereocenters. The maximum atomic E-state index is 14.9. The average Bonchev–Trinajstić information content (AvgIpc) is 3.19. The quantitative estimate of drug-likeness (QED) is 0.459. The minimum absolute atomic E-state index is 0.0545. The van der Waals surface area contributed by atoms with Crippen LogP contribution in [0.25, 0.3) is 5.65 Å². The first kappa shape index (κ1) is 22.9. The second-order valence-corrected chi connectivity index (χ2v) is 8.15. The fourth-order valence-electron chi connectivity index (χ4n) is 4.25. The van der Waals surface area contributed by atoms with E-state index in [9.17, 15) is 18.4 Å². The van der Waals surface area contributed by atoms with Crippen molar-refractivity contribution in [3.8, 4) is 0 Å². The fraction of sp³-hybridized carbons (Fsp3) is 0.381. The van der Waals surface area contributed by atoms with E-state index in [1.807, 2.05) is 0 Å². The normalized spacial score (nSPS) is 18.6. The lowest BCUT2D eigenvalue weighted by Crippen LogP contribution is -2.55. The third-order valence-electron chi connectivity index (χ3n) is 5.93. The van der Waals surface area contributed by atoms with Gasteiger partial charge in [0.15, 0.2) is 23.1 Å². The van der Waals surface area contributed by atoms with Gasteiger partial charge < -0.3 is 30.9 Å². The summed E-state index contributed by atoms with van der Waals surface area (Å²) < 4.78 is 35.0. The summed E-state index contributed by atoms with van der Waals surface area (Å²) in [7, 11) is 0. The van der Waals surface area contributed by atoms with Crippen molar-refractivity contribution >= 4 is 34.7 Å². The monoisotopic (exact) mass is 487 g/mol. The van der Waals surface area contributed by atoms with Gasteiger partial charge in [0.2, 0.25) is 0 Å². The third kappa shape index (κ3) is 4.44. The number of fused-ring (bicyclic) bond motifs is 1. The number of nitrogens with one attached hydrogen (secondary N) is 2. The Morgan fingerprint density at radius 1 is 1.17 bits per heavy atom. The predicted octanol–water partition coefficient (Wildman–Crippen LogP) is -0.126. The van der Waals surface area contributed by atoms with Crippen molar-refractivity contribution in [2.45, 2.75) is 6.10 Å². The number of hydrogen-bond donors (Lipinski definition) is 3. The largest absolute Gasteiger partial charge is 0.381 e. The molecule has 0 spiro atoms. The van der Waals surface area contributed by atoms with Gasteiger partial charge in [-0.2, -0.15) is 0 Å². The topological polar surface area (TPSA) is 143 Å². The molecule has 184 valence electrons. The second kappa shape index (κ2) is 9.38. The zero-order valence-electron chi connectivity index (χ0n) is 18.6. The summed E-state index contributed by atoms with van der Waals surface area (Å²) in [5.74, 6) is -2.23. The highest BCUT2D eigenvalue weighted by molar-refractivity contribution is 6.12. The third-order valence-corrected chi connectivity index (χ3v) is 5.93. The molecule has 4 N–H and O–H groups in total. The van der Waals surface area contributed by atoms with Crippen LogP contribution in [-0.4, -0.2) is 88.3 Å². The maximum Gasteiger partial charge on any atom is 0.263 e. The molecule has 5 heterocycles. The Labute approximate surface area is 198 Å². The van der Waals surface area contributed by atoms with Crippen molar-refractivity contribution in [3.63, 3.8) is 0 Å². The van der Waals surface area contributed by atoms with Gasteiger partial charge in [-0.25, -0.2) is 18.3 Å². The van der Waals surface area contributed by atoms with Crippen LogP contribution in [0.5, 0.6) is 0 Å². The number of carbonyl (C=O) groups excluding carboxylic acids is 2. The van der Waals surface area contributed by atoms with E-state index in [4.69, 9.17) is 10.5 Å². The van der Waals surface area contributed by atoms with Crippen LogP contribution < -0.4 is 21.3 Å². The van der Waals surface area contributed by atoms with Gasteiger partial charge in [-0.3, -0.25) is 14.6 Å². The number of halogens is 2. The maximum absolute atomic E-state index is 14.9. The van der Waals surface area contributed by atoms with E-state index < -0.39 is 23.6 Å². The standard InChI is InChI=1S/C21H23F2N9O3/c22-12-7-27-19-16(18(24)29-32(19)11-12)20(33)28-14-9-26-8-13(23)17(14)30-2-4-31(5-3-30)21(34)15-10-25-1-6-35-15/h7-9,11,15,25H,1-6,10H2,(H2,24,29)(H,28,33). The zero-order valence-corrected chi connectivity index (χ0v) is 18.6. The summed E-state index contributed by atoms with van der Waals surface area (Å²) in [6.07, 6.45) is 3.83. The summed E-state index contributed by atoms with van der Waals surface area (Å²) in [6, 6.07) is 0. The van der Waals surface area contributed by atoms with Crippen LogP contribution in [0.15, 0.2) is 24.8 Å². The van der Waals surface area contributed by atoms with E-state index in [0.29, 0.717) is 45.9 Å². The number of nitrogens with two attached hydrogens (primary N) is 1. The van der Waals surface area contributed by atoms with E-state index in [0.717, 1.165) is 23.1 Å². The van der Waals surface area contributed by atoms with E-state index in [1.165, 1.54) is 6.20 Å². The highest BCUT2D eigenvalue weighted by Gasteiger charge is 2.31. The lowest BCUT2D eigenvalue weighted by molar-refractivity contribution is -0.145. The van der Waals surface area contributed by atoms with Crippen molar-refractivity contribution in [1.82, 2.24) is 29.8 Å². The van der Waals surface area contributed by atoms with Crippen molar-refractivity contribution in [2.75, 3.05) is 61.8 Å². The number of pyridine rings is 1. The Hall–Kier alpha value is -3.91. The molecule has 2 fully saturated rings. The molecular weight excluding hydrogens is 464 g/mol. The molecule has 2 saturated heterocycles. The molecule has 35 heavy (non-hydrogen) atoms. The lowest BCUT2D eigenvalue weighted by atomic mass is 10.2. The lowest BCUT2D eigenvalue weighted by Gasteiger charge is -2.38. The number of carbonyl (C=O) groups is 2. The molecular formula is C21H23F2N9O3. The van der Waals surface area contributed by atoms with Gasteiger partial charge in [0.25, 0.3) is 11.8 Å². The van der Waals surface area contributed by atoms with Crippen molar-refractivity contribution < 1.29 is 23.1 Å². The number of amides is 2. The van der Waals surface area contributed by atoms with Gasteiger partial charge in [-0.1, -0.05) is 0 Å². The van der Waals surface area contributed by atoms with Gasteiger partial charge in [0.05, 0.1) is 37.1 Å². The number of anilines is 3. The van der Waals surface area contributed by atoms with Gasteiger partial charge in [-0.05, 0) is 0 Å². The molecule has 0 radical (unpaired) electrons. The van der Waals surface area contributed by atoms with Crippen LogP contribution >= 0.6 is 0 Å². The number of aromatic nitrogens is 4. The van der Waals surface area contributed by atoms with E-state index in [1.54, 1.807) is 9.80 Å². The minimum Gasteiger partial charge on any atom is -0.381 e. The Morgan fingerprint density at radius 3 is 2.71 bits per heavy atom.